The van der Waals surface area contributed by atoms with Crippen LogP contribution in [0.1, 0.15) is 10.4 Å². The third-order valence-corrected chi connectivity index (χ3v) is 3.10. The highest BCUT2D eigenvalue weighted by Crippen LogP contribution is 2.37. The summed E-state index contributed by atoms with van der Waals surface area (Å²) in [5.74, 6) is 0.708. The minimum atomic E-state index is 0.618. The summed E-state index contributed by atoms with van der Waals surface area (Å²) in [5.41, 5.74) is 7.08. The standard InChI is InChI=1S/C10H9NO2S/c1-13-8-5-14-10-7(11)3-2-6(4-12)9(8)10/h2-5H,11H2,1H3. The second-order valence-electron chi connectivity index (χ2n) is 2.87. The highest BCUT2D eigenvalue weighted by molar-refractivity contribution is 7.18. The van der Waals surface area contributed by atoms with Crippen molar-refractivity contribution in [3.63, 3.8) is 0 Å². The van der Waals surface area contributed by atoms with E-state index >= 15 is 0 Å². The van der Waals surface area contributed by atoms with Crippen LogP contribution in [0.25, 0.3) is 10.1 Å². The lowest BCUT2D eigenvalue weighted by Crippen LogP contribution is -1.89. The van der Waals surface area contributed by atoms with Gasteiger partial charge in [0.05, 0.1) is 11.8 Å². The Hall–Kier alpha value is -1.55. The van der Waals surface area contributed by atoms with E-state index in [2.05, 4.69) is 0 Å². The quantitative estimate of drug-likeness (QED) is 0.607. The van der Waals surface area contributed by atoms with Crippen LogP contribution in [0.5, 0.6) is 5.75 Å². The summed E-state index contributed by atoms with van der Waals surface area (Å²) in [4.78, 5) is 10.8. The molecule has 0 fully saturated rings. The van der Waals surface area contributed by atoms with Crippen LogP contribution < -0.4 is 10.5 Å². The van der Waals surface area contributed by atoms with E-state index in [1.807, 2.05) is 5.38 Å². The van der Waals surface area contributed by atoms with Crippen LogP contribution in [-0.4, -0.2) is 13.4 Å². The van der Waals surface area contributed by atoms with Crippen molar-refractivity contribution in [3.8, 4) is 5.75 Å². The number of fused-ring (bicyclic) bond motifs is 1. The van der Waals surface area contributed by atoms with Crippen molar-refractivity contribution in [2.24, 2.45) is 0 Å². The molecule has 14 heavy (non-hydrogen) atoms. The number of aldehydes is 1. The fourth-order valence-corrected chi connectivity index (χ4v) is 2.39. The summed E-state index contributed by atoms with van der Waals surface area (Å²) in [6, 6.07) is 3.45. The fraction of sp³-hybridized carbons (Fsp3) is 0.100. The maximum atomic E-state index is 10.8. The molecule has 2 N–H and O–H groups in total. The van der Waals surface area contributed by atoms with Gasteiger partial charge >= 0.3 is 0 Å². The molecule has 0 aliphatic heterocycles. The second kappa shape index (κ2) is 3.31. The maximum absolute atomic E-state index is 10.8. The Bertz CT molecular complexity index is 490. The molecule has 0 radical (unpaired) electrons. The summed E-state index contributed by atoms with van der Waals surface area (Å²) in [6.07, 6.45) is 0.816. The predicted octanol–water partition coefficient (Wildman–Crippen LogP) is 2.30. The molecule has 1 aromatic heterocycles. The van der Waals surface area contributed by atoms with Crippen LogP contribution in [-0.2, 0) is 0 Å². The van der Waals surface area contributed by atoms with E-state index in [4.69, 9.17) is 10.5 Å². The molecule has 0 bridgehead atoms. The first kappa shape index (κ1) is 9.02. The number of rotatable bonds is 2. The first-order valence-electron chi connectivity index (χ1n) is 4.06. The van der Waals surface area contributed by atoms with Crippen molar-refractivity contribution in [1.82, 2.24) is 0 Å². The number of methoxy groups -OCH3 is 1. The lowest BCUT2D eigenvalue weighted by Gasteiger charge is -2.01. The topological polar surface area (TPSA) is 52.3 Å². The van der Waals surface area contributed by atoms with E-state index in [1.54, 1.807) is 19.2 Å². The van der Waals surface area contributed by atoms with E-state index in [0.717, 1.165) is 16.4 Å². The molecule has 0 atom stereocenters. The molecular weight excluding hydrogens is 198 g/mol. The smallest absolute Gasteiger partial charge is 0.150 e. The lowest BCUT2D eigenvalue weighted by atomic mass is 10.1. The molecule has 0 saturated heterocycles. The van der Waals surface area contributed by atoms with Gasteiger partial charge in [-0.2, -0.15) is 0 Å². The van der Waals surface area contributed by atoms with Crippen molar-refractivity contribution in [3.05, 3.63) is 23.1 Å². The largest absolute Gasteiger partial charge is 0.495 e. The Kier molecular flexibility index (Phi) is 2.13. The van der Waals surface area contributed by atoms with Gasteiger partial charge in [-0.15, -0.1) is 11.3 Å². The molecule has 0 saturated carbocycles. The average molecular weight is 207 g/mol. The number of anilines is 1. The highest BCUT2D eigenvalue weighted by Gasteiger charge is 2.10. The van der Waals surface area contributed by atoms with Gasteiger partial charge in [0, 0.05) is 22.0 Å². The Labute approximate surface area is 85.1 Å². The molecule has 0 aliphatic carbocycles. The minimum Gasteiger partial charge on any atom is -0.495 e. The number of hydrogen-bond acceptors (Lipinski definition) is 4. The molecule has 1 aromatic carbocycles. The Morgan fingerprint density at radius 3 is 2.93 bits per heavy atom. The monoisotopic (exact) mass is 207 g/mol. The van der Waals surface area contributed by atoms with E-state index in [0.29, 0.717) is 17.0 Å². The SMILES string of the molecule is COc1csc2c(N)ccc(C=O)c12. The van der Waals surface area contributed by atoms with Gasteiger partial charge in [-0.1, -0.05) is 0 Å². The van der Waals surface area contributed by atoms with Gasteiger partial charge in [0.15, 0.2) is 6.29 Å². The van der Waals surface area contributed by atoms with Gasteiger partial charge in [0.1, 0.15) is 5.75 Å². The van der Waals surface area contributed by atoms with E-state index in [-0.39, 0.29) is 0 Å². The summed E-state index contributed by atoms with van der Waals surface area (Å²) in [5, 5.41) is 2.67. The van der Waals surface area contributed by atoms with Crippen molar-refractivity contribution < 1.29 is 9.53 Å². The maximum Gasteiger partial charge on any atom is 0.150 e. The van der Waals surface area contributed by atoms with Gasteiger partial charge in [0.2, 0.25) is 0 Å². The van der Waals surface area contributed by atoms with Crippen LogP contribution in [0.2, 0.25) is 0 Å². The summed E-state index contributed by atoms with van der Waals surface area (Å²) in [7, 11) is 1.58. The van der Waals surface area contributed by atoms with Crippen molar-refractivity contribution in [2.45, 2.75) is 0 Å². The van der Waals surface area contributed by atoms with Crippen molar-refractivity contribution in [1.29, 1.82) is 0 Å². The fourth-order valence-electron chi connectivity index (χ4n) is 1.41. The number of nitrogens with two attached hydrogens (primary N) is 1. The van der Waals surface area contributed by atoms with Crippen LogP contribution in [0.3, 0.4) is 0 Å². The van der Waals surface area contributed by atoms with Crippen molar-refractivity contribution >= 4 is 33.4 Å². The normalized spacial score (nSPS) is 10.4. The van der Waals surface area contributed by atoms with E-state index < -0.39 is 0 Å². The summed E-state index contributed by atoms with van der Waals surface area (Å²) in [6.45, 7) is 0. The van der Waals surface area contributed by atoms with Crippen LogP contribution >= 0.6 is 11.3 Å². The Morgan fingerprint density at radius 1 is 1.50 bits per heavy atom. The molecule has 0 spiro atoms. The zero-order valence-electron chi connectivity index (χ0n) is 7.61. The highest BCUT2D eigenvalue weighted by atomic mass is 32.1. The van der Waals surface area contributed by atoms with Crippen LogP contribution in [0.15, 0.2) is 17.5 Å². The first-order chi connectivity index (χ1) is 6.77. The summed E-state index contributed by atoms with van der Waals surface area (Å²) >= 11 is 1.49. The molecule has 1 heterocycles. The molecule has 2 aromatic rings. The van der Waals surface area contributed by atoms with Gasteiger partial charge in [-0.3, -0.25) is 4.79 Å². The number of carbonyl (C=O) groups is 1. The van der Waals surface area contributed by atoms with Gasteiger partial charge in [-0.25, -0.2) is 0 Å². The molecule has 0 aliphatic rings. The number of thiophene rings is 1. The van der Waals surface area contributed by atoms with E-state index in [1.165, 1.54) is 11.3 Å². The zero-order chi connectivity index (χ0) is 10.1. The lowest BCUT2D eigenvalue weighted by molar-refractivity contribution is 0.112. The second-order valence-corrected chi connectivity index (χ2v) is 3.75. The molecule has 3 nitrogen and oxygen atoms in total. The third-order valence-electron chi connectivity index (χ3n) is 2.10. The minimum absolute atomic E-state index is 0.618. The number of benzene rings is 1. The number of carbonyl (C=O) groups excluding carboxylic acids is 1. The summed E-state index contributed by atoms with van der Waals surface area (Å²) < 4.78 is 6.07. The van der Waals surface area contributed by atoms with E-state index in [9.17, 15) is 4.79 Å². The third kappa shape index (κ3) is 1.15. The predicted molar refractivity (Wildman–Crippen MR) is 58.2 cm³/mol. The molecular formula is C10H9NO2S. The van der Waals surface area contributed by atoms with Crippen LogP contribution in [0.4, 0.5) is 5.69 Å². The molecule has 72 valence electrons. The zero-order valence-corrected chi connectivity index (χ0v) is 8.43. The Morgan fingerprint density at radius 2 is 2.29 bits per heavy atom. The number of hydrogen-bond donors (Lipinski definition) is 1. The van der Waals surface area contributed by atoms with Crippen molar-refractivity contribution in [2.75, 3.05) is 12.8 Å². The number of nitrogen functional groups attached to an aromatic ring is 1. The molecule has 4 heteroatoms. The average Bonchev–Trinajstić information content (AvgIpc) is 2.63. The molecule has 2 rings (SSSR count). The Balaban J connectivity index is 2.88. The van der Waals surface area contributed by atoms with Gasteiger partial charge in [-0.05, 0) is 12.1 Å². The van der Waals surface area contributed by atoms with Gasteiger partial charge < -0.3 is 10.5 Å². The molecule has 0 unspecified atom stereocenters. The first-order valence-corrected chi connectivity index (χ1v) is 4.94. The number of ether oxygens (including phenoxy) is 1. The van der Waals surface area contributed by atoms with Crippen LogP contribution in [0, 0.1) is 0 Å². The van der Waals surface area contributed by atoms with Gasteiger partial charge in [0.25, 0.3) is 0 Å². The molecule has 0 amide bonds.